The molecule has 6 heteroatoms. The molecule has 1 fully saturated rings. The Balaban J connectivity index is 0.00000288. The fourth-order valence-corrected chi connectivity index (χ4v) is 3.05. The fraction of sp³-hybridized carbons (Fsp3) is 0.556. The van der Waals surface area contributed by atoms with E-state index in [9.17, 15) is 9.59 Å². The molecule has 0 aliphatic heterocycles. The minimum absolute atomic E-state index is 0. The van der Waals surface area contributed by atoms with Crippen molar-refractivity contribution in [2.75, 3.05) is 6.54 Å². The quantitative estimate of drug-likeness (QED) is 0.719. The number of aliphatic carboxylic acids is 1. The van der Waals surface area contributed by atoms with E-state index in [2.05, 4.69) is 5.32 Å². The molecule has 1 aliphatic carbocycles. The molecule has 0 radical (unpaired) electrons. The Morgan fingerprint density at radius 2 is 1.88 bits per heavy atom. The van der Waals surface area contributed by atoms with Crippen LogP contribution in [-0.4, -0.2) is 29.8 Å². The zero-order valence-corrected chi connectivity index (χ0v) is 17.7. The van der Waals surface area contributed by atoms with Crippen LogP contribution in [0.5, 0.6) is 0 Å². The van der Waals surface area contributed by atoms with Gasteiger partial charge < -0.3 is 16.6 Å². The minimum atomic E-state index is -0.703. The van der Waals surface area contributed by atoms with Crippen LogP contribution in [-0.2, 0) is 16.0 Å². The van der Waals surface area contributed by atoms with Gasteiger partial charge in [-0.05, 0) is 44.1 Å². The number of hydrogen-bond donors (Lipinski definition) is 2. The molecular formula is C18H26KNO4. The second-order valence-corrected chi connectivity index (χ2v) is 6.34. The first-order chi connectivity index (χ1) is 11.0. The summed E-state index contributed by atoms with van der Waals surface area (Å²) in [4.78, 5) is 22.7. The van der Waals surface area contributed by atoms with Gasteiger partial charge in [0.1, 0.15) is 6.10 Å². The van der Waals surface area contributed by atoms with Gasteiger partial charge in [0.25, 0.3) is 0 Å². The maximum Gasteiger partial charge on any atom is 1.00 e. The van der Waals surface area contributed by atoms with E-state index < -0.39 is 12.1 Å². The van der Waals surface area contributed by atoms with E-state index in [-0.39, 0.29) is 64.8 Å². The van der Waals surface area contributed by atoms with Gasteiger partial charge in [0.15, 0.2) is 0 Å². The van der Waals surface area contributed by atoms with Gasteiger partial charge >= 0.3 is 63.4 Å². The summed E-state index contributed by atoms with van der Waals surface area (Å²) in [5.41, 5.74) is 1.14. The normalized spacial score (nSPS) is 21.2. The van der Waals surface area contributed by atoms with Crippen LogP contribution in [0, 0.1) is 11.8 Å². The Kier molecular flexibility index (Phi) is 10.2. The number of ether oxygens (including phenoxy) is 1. The Morgan fingerprint density at radius 3 is 2.46 bits per heavy atom. The molecule has 1 unspecified atom stereocenters. The standard InChI is InChI=1S/C18H25NO4.K.H/c1-13(11-14-5-3-2-4-6-14)23-18(22)19-12-15-7-9-16(10-8-15)17(20)21;;/h2-6,13,15-16H,7-12H2,1H3,(H,19,22)(H,20,21);;/q;+1;-1. The number of hydrogen-bond acceptors (Lipinski definition) is 3. The second kappa shape index (κ2) is 11.3. The summed E-state index contributed by atoms with van der Waals surface area (Å²) in [5, 5.41) is 11.8. The minimum Gasteiger partial charge on any atom is -1.00 e. The van der Waals surface area contributed by atoms with E-state index in [0.29, 0.717) is 31.7 Å². The molecular weight excluding hydrogens is 333 g/mol. The van der Waals surface area contributed by atoms with Gasteiger partial charge in [0.05, 0.1) is 5.92 Å². The van der Waals surface area contributed by atoms with Crippen molar-refractivity contribution in [3.63, 3.8) is 0 Å². The van der Waals surface area contributed by atoms with Gasteiger partial charge in [0.2, 0.25) is 0 Å². The molecule has 0 heterocycles. The van der Waals surface area contributed by atoms with Crippen LogP contribution in [0.15, 0.2) is 30.3 Å². The molecule has 1 aliphatic rings. The van der Waals surface area contributed by atoms with E-state index >= 15 is 0 Å². The molecule has 2 rings (SSSR count). The Morgan fingerprint density at radius 1 is 1.25 bits per heavy atom. The number of carboxylic acid groups (broad SMARTS) is 1. The Hall–Kier alpha value is -0.404. The summed E-state index contributed by atoms with van der Waals surface area (Å²) in [5.74, 6) is -0.572. The van der Waals surface area contributed by atoms with Crippen LogP contribution in [0.1, 0.15) is 39.6 Å². The largest absolute Gasteiger partial charge is 1.00 e. The number of rotatable bonds is 6. The van der Waals surface area contributed by atoms with Crippen LogP contribution < -0.4 is 56.7 Å². The first kappa shape index (κ1) is 21.6. The molecule has 1 aromatic carbocycles. The third-order valence-corrected chi connectivity index (χ3v) is 4.41. The average molecular weight is 360 g/mol. The monoisotopic (exact) mass is 359 g/mol. The van der Waals surface area contributed by atoms with Gasteiger partial charge in [-0.1, -0.05) is 30.3 Å². The molecule has 0 aromatic heterocycles. The molecule has 0 spiro atoms. The molecule has 2 N–H and O–H groups in total. The van der Waals surface area contributed by atoms with Crippen LogP contribution in [0.2, 0.25) is 0 Å². The van der Waals surface area contributed by atoms with E-state index in [1.54, 1.807) is 0 Å². The number of nitrogens with one attached hydrogen (secondary N) is 1. The molecule has 1 amide bonds. The van der Waals surface area contributed by atoms with Crippen LogP contribution >= 0.6 is 0 Å². The summed E-state index contributed by atoms with van der Waals surface area (Å²) < 4.78 is 5.36. The maximum atomic E-state index is 11.8. The van der Waals surface area contributed by atoms with Crippen molar-refractivity contribution >= 4 is 12.1 Å². The predicted molar refractivity (Wildman–Crippen MR) is 88.3 cm³/mol. The van der Waals surface area contributed by atoms with Crippen LogP contribution in [0.4, 0.5) is 4.79 Å². The van der Waals surface area contributed by atoms with Gasteiger partial charge in [0, 0.05) is 13.0 Å². The fourth-order valence-electron chi connectivity index (χ4n) is 3.05. The number of carboxylic acids is 1. The Bertz CT molecular complexity index is 521. The topological polar surface area (TPSA) is 75.6 Å². The summed E-state index contributed by atoms with van der Waals surface area (Å²) in [6, 6.07) is 9.92. The number of amides is 1. The van der Waals surface area contributed by atoms with E-state index in [4.69, 9.17) is 9.84 Å². The average Bonchev–Trinajstić information content (AvgIpc) is 2.54. The molecule has 5 nitrogen and oxygen atoms in total. The summed E-state index contributed by atoms with van der Waals surface area (Å²) >= 11 is 0. The molecule has 24 heavy (non-hydrogen) atoms. The number of alkyl carbamates (subject to hydrolysis) is 1. The van der Waals surface area contributed by atoms with Crippen molar-refractivity contribution in [2.45, 2.75) is 45.1 Å². The maximum absolute atomic E-state index is 11.8. The second-order valence-electron chi connectivity index (χ2n) is 6.34. The van der Waals surface area contributed by atoms with E-state index in [0.717, 1.165) is 18.4 Å². The first-order valence-corrected chi connectivity index (χ1v) is 8.25. The van der Waals surface area contributed by atoms with Crippen LogP contribution in [0.25, 0.3) is 0 Å². The smallest absolute Gasteiger partial charge is 1.00 e. The molecule has 0 saturated heterocycles. The zero-order chi connectivity index (χ0) is 16.7. The van der Waals surface area contributed by atoms with Crippen molar-refractivity contribution in [3.8, 4) is 0 Å². The number of carbonyl (C=O) groups is 2. The number of benzene rings is 1. The SMILES string of the molecule is CC(Cc1ccccc1)OC(=O)NCC1CCC(C(=O)O)CC1.[H-].[K+]. The van der Waals surface area contributed by atoms with Crippen molar-refractivity contribution < 1.29 is 72.2 Å². The van der Waals surface area contributed by atoms with Crippen LogP contribution in [0.3, 0.4) is 0 Å². The molecule has 1 saturated carbocycles. The van der Waals surface area contributed by atoms with Gasteiger partial charge in [-0.15, -0.1) is 0 Å². The summed E-state index contributed by atoms with van der Waals surface area (Å²) in [6.45, 7) is 2.44. The first-order valence-electron chi connectivity index (χ1n) is 8.25. The molecule has 1 atom stereocenters. The third kappa shape index (κ3) is 7.65. The van der Waals surface area contributed by atoms with Crippen molar-refractivity contribution in [3.05, 3.63) is 35.9 Å². The van der Waals surface area contributed by atoms with Gasteiger partial charge in [-0.2, -0.15) is 0 Å². The molecule has 128 valence electrons. The molecule has 1 aromatic rings. The predicted octanol–water partition coefficient (Wildman–Crippen LogP) is 0.351. The summed E-state index contributed by atoms with van der Waals surface area (Å²) in [7, 11) is 0. The van der Waals surface area contributed by atoms with Gasteiger partial charge in [-0.25, -0.2) is 4.79 Å². The zero-order valence-electron chi connectivity index (χ0n) is 15.5. The van der Waals surface area contributed by atoms with Gasteiger partial charge in [-0.3, -0.25) is 4.79 Å². The summed E-state index contributed by atoms with van der Waals surface area (Å²) in [6.07, 6.45) is 3.20. The van der Waals surface area contributed by atoms with E-state index in [1.807, 2.05) is 37.3 Å². The van der Waals surface area contributed by atoms with Crippen molar-refractivity contribution in [2.24, 2.45) is 11.8 Å². The van der Waals surface area contributed by atoms with Crippen molar-refractivity contribution in [1.29, 1.82) is 0 Å². The number of carbonyl (C=O) groups excluding carboxylic acids is 1. The van der Waals surface area contributed by atoms with Crippen molar-refractivity contribution in [1.82, 2.24) is 5.32 Å². The Labute approximate surface area is 187 Å². The van der Waals surface area contributed by atoms with E-state index in [1.165, 1.54) is 0 Å². The molecule has 0 bridgehead atoms. The third-order valence-electron chi connectivity index (χ3n) is 4.41.